The highest BCUT2D eigenvalue weighted by atomic mass is 16.5. The Morgan fingerprint density at radius 2 is 2.09 bits per heavy atom. The lowest BCUT2D eigenvalue weighted by molar-refractivity contribution is 0.145. The molecule has 1 heterocycles. The van der Waals surface area contributed by atoms with Crippen LogP contribution in [0.25, 0.3) is 5.69 Å². The Balaban J connectivity index is 1.84. The lowest BCUT2D eigenvalue weighted by atomic mass is 10.3. The highest BCUT2D eigenvalue weighted by Crippen LogP contribution is 2.08. The van der Waals surface area contributed by atoms with Crippen molar-refractivity contribution in [2.45, 2.75) is 19.9 Å². The molecule has 0 unspecified atom stereocenters. The Morgan fingerprint density at radius 1 is 1.26 bits per heavy atom. The van der Waals surface area contributed by atoms with Gasteiger partial charge >= 0.3 is 0 Å². The van der Waals surface area contributed by atoms with E-state index in [1.54, 1.807) is 13.4 Å². The molecule has 0 aliphatic carbocycles. The van der Waals surface area contributed by atoms with Gasteiger partial charge in [-0.15, -0.1) is 10.2 Å². The minimum absolute atomic E-state index is 0.542. The second kappa shape index (κ2) is 9.58. The van der Waals surface area contributed by atoms with Crippen LogP contribution >= 0.6 is 0 Å². The largest absolute Gasteiger partial charge is 0.382 e. The predicted molar refractivity (Wildman–Crippen MR) is 90.7 cm³/mol. The summed E-state index contributed by atoms with van der Waals surface area (Å²) in [5.74, 6) is 1.57. The fraction of sp³-hybridized carbons (Fsp3) is 0.438. The maximum Gasteiger partial charge on any atom is 0.191 e. The van der Waals surface area contributed by atoms with Crippen molar-refractivity contribution in [3.05, 3.63) is 42.5 Å². The summed E-state index contributed by atoms with van der Waals surface area (Å²) in [5.41, 5.74) is 1.04. The summed E-state index contributed by atoms with van der Waals surface area (Å²) in [6.07, 6.45) is 2.65. The van der Waals surface area contributed by atoms with E-state index in [4.69, 9.17) is 4.74 Å². The van der Waals surface area contributed by atoms with E-state index in [1.165, 1.54) is 0 Å². The first-order valence-corrected chi connectivity index (χ1v) is 7.81. The second-order valence-electron chi connectivity index (χ2n) is 4.86. The molecule has 0 bridgehead atoms. The van der Waals surface area contributed by atoms with Crippen molar-refractivity contribution in [2.75, 3.05) is 26.8 Å². The van der Waals surface area contributed by atoms with Gasteiger partial charge in [-0.3, -0.25) is 9.56 Å². The van der Waals surface area contributed by atoms with E-state index in [0.29, 0.717) is 6.54 Å². The van der Waals surface area contributed by atoms with Gasteiger partial charge in [-0.1, -0.05) is 18.2 Å². The summed E-state index contributed by atoms with van der Waals surface area (Å²) in [7, 11) is 1.75. The Labute approximate surface area is 136 Å². The molecule has 0 aliphatic rings. The van der Waals surface area contributed by atoms with Gasteiger partial charge in [0.05, 0.1) is 6.54 Å². The molecule has 2 aromatic rings. The van der Waals surface area contributed by atoms with Crippen molar-refractivity contribution in [3.8, 4) is 5.69 Å². The smallest absolute Gasteiger partial charge is 0.191 e. The van der Waals surface area contributed by atoms with Gasteiger partial charge in [-0.25, -0.2) is 0 Å². The van der Waals surface area contributed by atoms with Crippen LogP contribution in [-0.4, -0.2) is 47.5 Å². The summed E-state index contributed by atoms with van der Waals surface area (Å²) in [5, 5.41) is 14.7. The molecule has 0 saturated heterocycles. The Kier molecular flexibility index (Phi) is 7.06. The van der Waals surface area contributed by atoms with Crippen molar-refractivity contribution >= 4 is 5.96 Å². The van der Waals surface area contributed by atoms with Crippen LogP contribution in [0.4, 0.5) is 0 Å². The van der Waals surface area contributed by atoms with E-state index in [9.17, 15) is 0 Å². The molecule has 124 valence electrons. The molecule has 0 spiro atoms. The lowest BCUT2D eigenvalue weighted by Crippen LogP contribution is -2.38. The molecular weight excluding hydrogens is 292 g/mol. The van der Waals surface area contributed by atoms with Gasteiger partial charge in [0.1, 0.15) is 6.33 Å². The molecule has 1 aromatic carbocycles. The van der Waals surface area contributed by atoms with E-state index < -0.39 is 0 Å². The molecule has 2 N–H and O–H groups in total. The quantitative estimate of drug-likeness (QED) is 0.437. The molecular formula is C16H24N6O. The molecule has 0 aliphatic heterocycles. The summed E-state index contributed by atoms with van der Waals surface area (Å²) < 4.78 is 7.26. The van der Waals surface area contributed by atoms with Crippen LogP contribution in [0.15, 0.2) is 41.7 Å². The van der Waals surface area contributed by atoms with E-state index >= 15 is 0 Å². The number of rotatable bonds is 8. The first kappa shape index (κ1) is 17.0. The Morgan fingerprint density at radius 3 is 2.83 bits per heavy atom. The number of ether oxygens (including phenoxy) is 1. The Bertz CT molecular complexity index is 596. The van der Waals surface area contributed by atoms with Crippen molar-refractivity contribution in [3.63, 3.8) is 0 Å². The zero-order valence-corrected chi connectivity index (χ0v) is 13.7. The fourth-order valence-corrected chi connectivity index (χ4v) is 2.09. The van der Waals surface area contributed by atoms with Crippen LogP contribution in [0.1, 0.15) is 19.2 Å². The van der Waals surface area contributed by atoms with E-state index in [-0.39, 0.29) is 0 Å². The van der Waals surface area contributed by atoms with Crippen molar-refractivity contribution in [1.29, 1.82) is 0 Å². The number of hydrogen-bond acceptors (Lipinski definition) is 4. The third kappa shape index (κ3) is 5.37. The minimum Gasteiger partial charge on any atom is -0.382 e. The average molecular weight is 316 g/mol. The van der Waals surface area contributed by atoms with Crippen LogP contribution in [-0.2, 0) is 11.3 Å². The number of aliphatic imine (C=N–C) groups is 1. The normalized spacial score (nSPS) is 11.5. The molecule has 0 radical (unpaired) electrons. The Hall–Kier alpha value is -2.41. The molecule has 0 amide bonds. The monoisotopic (exact) mass is 316 g/mol. The molecule has 0 fully saturated rings. The fourth-order valence-electron chi connectivity index (χ4n) is 2.09. The highest BCUT2D eigenvalue weighted by Gasteiger charge is 2.06. The maximum absolute atomic E-state index is 5.31. The summed E-state index contributed by atoms with van der Waals surface area (Å²) in [6, 6.07) is 10.0. The van der Waals surface area contributed by atoms with Gasteiger partial charge < -0.3 is 15.4 Å². The number of guanidine groups is 1. The number of nitrogens with zero attached hydrogens (tertiary/aromatic N) is 4. The SMILES string of the molecule is CCOCCCNC(=NC)NCc1nncn1-c1ccccc1. The number of para-hydroxylation sites is 1. The van der Waals surface area contributed by atoms with Crippen molar-refractivity contribution in [1.82, 2.24) is 25.4 Å². The summed E-state index contributed by atoms with van der Waals surface area (Å²) in [6.45, 7) is 4.85. The van der Waals surface area contributed by atoms with Crippen molar-refractivity contribution in [2.24, 2.45) is 4.99 Å². The number of benzene rings is 1. The van der Waals surface area contributed by atoms with Gasteiger partial charge in [0.15, 0.2) is 11.8 Å². The van der Waals surface area contributed by atoms with Gasteiger partial charge in [-0.2, -0.15) is 0 Å². The molecule has 7 nitrogen and oxygen atoms in total. The van der Waals surface area contributed by atoms with Gasteiger partial charge in [0.2, 0.25) is 0 Å². The van der Waals surface area contributed by atoms with Gasteiger partial charge in [0, 0.05) is 32.5 Å². The number of hydrogen-bond donors (Lipinski definition) is 2. The first-order chi connectivity index (χ1) is 11.3. The minimum atomic E-state index is 0.542. The molecule has 1 aromatic heterocycles. The summed E-state index contributed by atoms with van der Waals surface area (Å²) in [4.78, 5) is 4.20. The van der Waals surface area contributed by atoms with Crippen LogP contribution < -0.4 is 10.6 Å². The molecule has 0 atom stereocenters. The van der Waals surface area contributed by atoms with Crippen LogP contribution in [0.3, 0.4) is 0 Å². The van der Waals surface area contributed by atoms with Crippen molar-refractivity contribution < 1.29 is 4.74 Å². The van der Waals surface area contributed by atoms with E-state index in [1.807, 2.05) is 41.8 Å². The summed E-state index contributed by atoms with van der Waals surface area (Å²) >= 11 is 0. The molecule has 7 heteroatoms. The van der Waals surface area contributed by atoms with Gasteiger partial charge in [-0.05, 0) is 25.5 Å². The predicted octanol–water partition coefficient (Wildman–Crippen LogP) is 1.36. The zero-order chi connectivity index (χ0) is 16.3. The average Bonchev–Trinajstić information content (AvgIpc) is 3.07. The zero-order valence-electron chi connectivity index (χ0n) is 13.7. The van der Waals surface area contributed by atoms with Gasteiger partial charge in [0.25, 0.3) is 0 Å². The maximum atomic E-state index is 5.31. The van der Waals surface area contributed by atoms with Crippen LogP contribution in [0, 0.1) is 0 Å². The lowest BCUT2D eigenvalue weighted by Gasteiger charge is -2.12. The van der Waals surface area contributed by atoms with Crippen LogP contribution in [0.5, 0.6) is 0 Å². The topological polar surface area (TPSA) is 76.4 Å². The first-order valence-electron chi connectivity index (χ1n) is 7.81. The standard InChI is InChI=1S/C16H24N6O/c1-3-23-11-7-10-18-16(17-2)19-12-15-21-20-13-22(15)14-8-5-4-6-9-14/h4-6,8-9,13H,3,7,10-12H2,1-2H3,(H2,17,18,19). The molecule has 0 saturated carbocycles. The van der Waals surface area contributed by atoms with E-state index in [0.717, 1.165) is 43.7 Å². The number of aromatic nitrogens is 3. The molecule has 2 rings (SSSR count). The third-order valence-electron chi connectivity index (χ3n) is 3.25. The van der Waals surface area contributed by atoms with Crippen LogP contribution in [0.2, 0.25) is 0 Å². The third-order valence-corrected chi connectivity index (χ3v) is 3.25. The van der Waals surface area contributed by atoms with E-state index in [2.05, 4.69) is 25.8 Å². The number of nitrogens with one attached hydrogen (secondary N) is 2. The second-order valence-corrected chi connectivity index (χ2v) is 4.86. The highest BCUT2D eigenvalue weighted by molar-refractivity contribution is 5.79. The molecule has 23 heavy (non-hydrogen) atoms.